The van der Waals surface area contributed by atoms with Crippen molar-refractivity contribution in [3.05, 3.63) is 27.4 Å². The summed E-state index contributed by atoms with van der Waals surface area (Å²) >= 11 is 0. The van der Waals surface area contributed by atoms with E-state index in [4.69, 9.17) is 4.74 Å². The zero-order chi connectivity index (χ0) is 13.8. The second kappa shape index (κ2) is 7.40. The Kier molecular flexibility index (Phi) is 6.16. The van der Waals surface area contributed by atoms with Crippen LogP contribution in [-0.4, -0.2) is 35.6 Å². The van der Waals surface area contributed by atoms with Crippen molar-refractivity contribution in [1.29, 1.82) is 0 Å². The molecule has 0 saturated carbocycles. The standard InChI is InChI=1S/C13H19N3O3.ClH/c1-3-19-13(18)10-11(9-4-6-14-7-5-9)15-8(2)16-12(10)17;/h9,14H,3-7H2,1-2H3,(H,15,16,17);1H. The van der Waals surface area contributed by atoms with E-state index in [0.29, 0.717) is 11.5 Å². The van der Waals surface area contributed by atoms with Gasteiger partial charge < -0.3 is 15.0 Å². The number of aryl methyl sites for hydroxylation is 1. The molecule has 1 aliphatic rings. The summed E-state index contributed by atoms with van der Waals surface area (Å²) in [5.41, 5.74) is 0.250. The molecule has 0 aromatic carbocycles. The van der Waals surface area contributed by atoms with Crippen molar-refractivity contribution < 1.29 is 9.53 Å². The zero-order valence-electron chi connectivity index (χ0n) is 11.7. The number of carbonyl (C=O) groups excluding carboxylic acids is 1. The maximum Gasteiger partial charge on any atom is 0.345 e. The highest BCUT2D eigenvalue weighted by Gasteiger charge is 2.26. The van der Waals surface area contributed by atoms with Crippen molar-refractivity contribution in [3.8, 4) is 0 Å². The number of halogens is 1. The first kappa shape index (κ1) is 16.7. The van der Waals surface area contributed by atoms with Gasteiger partial charge in [0.25, 0.3) is 5.56 Å². The van der Waals surface area contributed by atoms with Crippen molar-refractivity contribution in [1.82, 2.24) is 15.3 Å². The molecule has 1 saturated heterocycles. The molecule has 112 valence electrons. The summed E-state index contributed by atoms with van der Waals surface area (Å²) in [6, 6.07) is 0. The minimum absolute atomic E-state index is 0. The van der Waals surface area contributed by atoms with Crippen LogP contribution in [0.3, 0.4) is 0 Å². The summed E-state index contributed by atoms with van der Waals surface area (Å²) in [6.07, 6.45) is 1.75. The number of aromatic amines is 1. The number of hydrogen-bond donors (Lipinski definition) is 2. The van der Waals surface area contributed by atoms with Crippen LogP contribution in [0.4, 0.5) is 0 Å². The lowest BCUT2D eigenvalue weighted by Gasteiger charge is -2.23. The molecule has 1 fully saturated rings. The molecule has 20 heavy (non-hydrogen) atoms. The monoisotopic (exact) mass is 301 g/mol. The van der Waals surface area contributed by atoms with Crippen LogP contribution in [0.15, 0.2) is 4.79 Å². The Morgan fingerprint density at radius 2 is 2.05 bits per heavy atom. The van der Waals surface area contributed by atoms with Gasteiger partial charge in [0.05, 0.1) is 12.3 Å². The average molecular weight is 302 g/mol. The highest BCUT2D eigenvalue weighted by Crippen LogP contribution is 2.25. The van der Waals surface area contributed by atoms with Crippen molar-refractivity contribution in [3.63, 3.8) is 0 Å². The number of H-pyrrole nitrogens is 1. The number of hydrogen-bond acceptors (Lipinski definition) is 5. The smallest absolute Gasteiger partial charge is 0.345 e. The third-order valence-corrected chi connectivity index (χ3v) is 3.27. The fourth-order valence-corrected chi connectivity index (χ4v) is 2.40. The van der Waals surface area contributed by atoms with E-state index < -0.39 is 11.5 Å². The van der Waals surface area contributed by atoms with E-state index >= 15 is 0 Å². The molecule has 6 nitrogen and oxygen atoms in total. The van der Waals surface area contributed by atoms with Gasteiger partial charge in [-0.05, 0) is 39.8 Å². The maximum atomic E-state index is 12.0. The molecule has 0 aliphatic carbocycles. The van der Waals surface area contributed by atoms with E-state index in [0.717, 1.165) is 25.9 Å². The maximum absolute atomic E-state index is 12.0. The molecule has 7 heteroatoms. The molecule has 0 amide bonds. The lowest BCUT2D eigenvalue weighted by atomic mass is 9.91. The van der Waals surface area contributed by atoms with Crippen molar-refractivity contribution >= 4 is 18.4 Å². The fraction of sp³-hybridized carbons (Fsp3) is 0.615. The van der Waals surface area contributed by atoms with Gasteiger partial charge in [0.2, 0.25) is 0 Å². The number of nitrogens with zero attached hydrogens (tertiary/aromatic N) is 1. The lowest BCUT2D eigenvalue weighted by Crippen LogP contribution is -2.31. The second-order valence-electron chi connectivity index (χ2n) is 4.66. The van der Waals surface area contributed by atoms with Gasteiger partial charge in [0.1, 0.15) is 11.4 Å². The molecule has 0 bridgehead atoms. The van der Waals surface area contributed by atoms with E-state index in [9.17, 15) is 9.59 Å². The number of ether oxygens (including phenoxy) is 1. The summed E-state index contributed by atoms with van der Waals surface area (Å²) in [5, 5.41) is 3.26. The molecule has 2 heterocycles. The highest BCUT2D eigenvalue weighted by molar-refractivity contribution is 5.90. The van der Waals surface area contributed by atoms with Crippen molar-refractivity contribution in [2.75, 3.05) is 19.7 Å². The van der Waals surface area contributed by atoms with Crippen molar-refractivity contribution in [2.45, 2.75) is 32.6 Å². The number of nitrogens with one attached hydrogen (secondary N) is 2. The Morgan fingerprint density at radius 3 is 2.65 bits per heavy atom. The summed E-state index contributed by atoms with van der Waals surface area (Å²) in [4.78, 5) is 30.9. The first-order valence-corrected chi connectivity index (χ1v) is 6.62. The Morgan fingerprint density at radius 1 is 1.40 bits per heavy atom. The minimum Gasteiger partial charge on any atom is -0.462 e. The highest BCUT2D eigenvalue weighted by atomic mass is 35.5. The van der Waals surface area contributed by atoms with Crippen molar-refractivity contribution in [2.24, 2.45) is 0 Å². The van der Waals surface area contributed by atoms with Gasteiger partial charge >= 0.3 is 5.97 Å². The predicted octanol–water partition coefficient (Wildman–Crippen LogP) is 1.14. The predicted molar refractivity (Wildman–Crippen MR) is 77.6 cm³/mol. The Balaban J connectivity index is 0.00000200. The van der Waals surface area contributed by atoms with Crippen LogP contribution in [0.2, 0.25) is 0 Å². The van der Waals surface area contributed by atoms with E-state index in [1.807, 2.05) is 0 Å². The van der Waals surface area contributed by atoms with E-state index in [1.54, 1.807) is 13.8 Å². The second-order valence-corrected chi connectivity index (χ2v) is 4.66. The number of esters is 1. The molecule has 1 aromatic rings. The summed E-state index contributed by atoms with van der Waals surface area (Å²) in [6.45, 7) is 5.44. The third kappa shape index (κ3) is 3.58. The molecule has 1 aliphatic heterocycles. The normalized spacial score (nSPS) is 15.5. The van der Waals surface area contributed by atoms with E-state index in [2.05, 4.69) is 15.3 Å². The van der Waals surface area contributed by atoms with Gasteiger partial charge in [-0.3, -0.25) is 4.79 Å². The molecule has 0 radical (unpaired) electrons. The van der Waals surface area contributed by atoms with Crippen LogP contribution < -0.4 is 10.9 Å². The Bertz CT molecular complexity index is 524. The number of aromatic nitrogens is 2. The molecule has 2 N–H and O–H groups in total. The molecule has 1 aromatic heterocycles. The summed E-state index contributed by atoms with van der Waals surface area (Å²) in [5.74, 6) is 0.0954. The topological polar surface area (TPSA) is 84.1 Å². The van der Waals surface area contributed by atoms with Crippen LogP contribution in [0, 0.1) is 6.92 Å². The van der Waals surface area contributed by atoms with Gasteiger partial charge in [-0.1, -0.05) is 0 Å². The first-order valence-electron chi connectivity index (χ1n) is 6.62. The van der Waals surface area contributed by atoms with Gasteiger partial charge in [-0.25, -0.2) is 9.78 Å². The fourth-order valence-electron chi connectivity index (χ4n) is 2.40. The van der Waals surface area contributed by atoms with Gasteiger partial charge in [-0.15, -0.1) is 12.4 Å². The first-order chi connectivity index (χ1) is 9.13. The molecule has 0 unspecified atom stereocenters. The largest absolute Gasteiger partial charge is 0.462 e. The summed E-state index contributed by atoms with van der Waals surface area (Å²) in [7, 11) is 0. The molecular formula is C13H20ClN3O3. The lowest BCUT2D eigenvalue weighted by molar-refractivity contribution is 0.0521. The number of rotatable bonds is 3. The quantitative estimate of drug-likeness (QED) is 0.818. The molecular weight excluding hydrogens is 282 g/mol. The number of piperidine rings is 1. The van der Waals surface area contributed by atoms with E-state index in [1.165, 1.54) is 0 Å². The Hall–Kier alpha value is -1.40. The van der Waals surface area contributed by atoms with Gasteiger partial charge in [-0.2, -0.15) is 0 Å². The SMILES string of the molecule is CCOC(=O)c1c(C2CCNCC2)nc(C)[nH]c1=O.Cl. The summed E-state index contributed by atoms with van der Waals surface area (Å²) < 4.78 is 4.97. The third-order valence-electron chi connectivity index (χ3n) is 3.27. The minimum atomic E-state index is -0.579. The van der Waals surface area contributed by atoms with Crippen LogP contribution in [0.1, 0.15) is 47.6 Å². The van der Waals surface area contributed by atoms with Gasteiger partial charge in [0.15, 0.2) is 0 Å². The number of carbonyl (C=O) groups is 1. The zero-order valence-corrected chi connectivity index (χ0v) is 12.5. The molecule has 0 spiro atoms. The molecule has 0 atom stereocenters. The van der Waals surface area contributed by atoms with Crippen LogP contribution >= 0.6 is 12.4 Å². The van der Waals surface area contributed by atoms with Crippen LogP contribution in [-0.2, 0) is 4.74 Å². The van der Waals surface area contributed by atoms with Gasteiger partial charge in [0, 0.05) is 5.92 Å². The van der Waals surface area contributed by atoms with Crippen LogP contribution in [0.5, 0.6) is 0 Å². The van der Waals surface area contributed by atoms with Crippen LogP contribution in [0.25, 0.3) is 0 Å². The molecule has 2 rings (SSSR count). The average Bonchev–Trinajstić information content (AvgIpc) is 2.39. The van der Waals surface area contributed by atoms with E-state index in [-0.39, 0.29) is 30.5 Å². The Labute approximate surface area is 123 Å².